The van der Waals surface area contributed by atoms with Crippen molar-refractivity contribution in [3.63, 3.8) is 0 Å². The van der Waals surface area contributed by atoms with Crippen LogP contribution in [0.4, 0.5) is 4.79 Å². The van der Waals surface area contributed by atoms with E-state index in [4.69, 9.17) is 14.6 Å². The van der Waals surface area contributed by atoms with E-state index in [2.05, 4.69) is 5.32 Å². The van der Waals surface area contributed by atoms with Crippen LogP contribution in [-0.2, 0) is 9.47 Å². The van der Waals surface area contributed by atoms with E-state index in [9.17, 15) is 9.90 Å². The maximum atomic E-state index is 11.3. The molecule has 0 aromatic heterocycles. The van der Waals surface area contributed by atoms with Gasteiger partial charge in [-0.05, 0) is 6.42 Å². The van der Waals surface area contributed by atoms with Gasteiger partial charge in [0, 0.05) is 13.0 Å². The molecule has 17 heavy (non-hydrogen) atoms. The zero-order valence-electron chi connectivity index (χ0n) is 10.1. The average molecular weight is 247 g/mol. The fourth-order valence-electron chi connectivity index (χ4n) is 1.62. The molecule has 3 atom stereocenters. The zero-order chi connectivity index (χ0) is 12.7. The number of ether oxygens (including phenoxy) is 2. The fourth-order valence-corrected chi connectivity index (χ4v) is 1.62. The van der Waals surface area contributed by atoms with Gasteiger partial charge >= 0.3 is 6.09 Å². The normalized spacial score (nSPS) is 28.8. The predicted molar refractivity (Wildman–Crippen MR) is 60.6 cm³/mol. The lowest BCUT2D eigenvalue weighted by Gasteiger charge is -2.31. The highest BCUT2D eigenvalue weighted by atomic mass is 16.6. The molecule has 0 aromatic rings. The molecule has 0 radical (unpaired) electrons. The van der Waals surface area contributed by atoms with Gasteiger partial charge in [-0.25, -0.2) is 4.79 Å². The molecule has 1 amide bonds. The lowest BCUT2D eigenvalue weighted by molar-refractivity contribution is -0.132. The first-order valence-electron chi connectivity index (χ1n) is 6.02. The number of aliphatic hydroxyl groups is 2. The van der Waals surface area contributed by atoms with Gasteiger partial charge in [0.1, 0.15) is 0 Å². The second kappa shape index (κ2) is 7.47. The fraction of sp³-hybridized carbons (Fsp3) is 0.909. The van der Waals surface area contributed by atoms with E-state index in [1.54, 1.807) is 0 Å². The molecular weight excluding hydrogens is 226 g/mol. The third-order valence-corrected chi connectivity index (χ3v) is 2.69. The van der Waals surface area contributed by atoms with Crippen molar-refractivity contribution in [1.29, 1.82) is 0 Å². The molecule has 0 bridgehead atoms. The number of carbonyl (C=O) groups excluding carboxylic acids is 1. The van der Waals surface area contributed by atoms with Crippen molar-refractivity contribution in [2.75, 3.05) is 19.8 Å². The van der Waals surface area contributed by atoms with Gasteiger partial charge in [-0.3, -0.25) is 0 Å². The summed E-state index contributed by atoms with van der Waals surface area (Å²) in [6.45, 7) is 2.58. The Kier molecular flexibility index (Phi) is 6.25. The first-order chi connectivity index (χ1) is 8.17. The van der Waals surface area contributed by atoms with Crippen molar-refractivity contribution in [3.8, 4) is 0 Å². The average Bonchev–Trinajstić information content (AvgIpc) is 2.32. The number of rotatable bonds is 5. The van der Waals surface area contributed by atoms with E-state index >= 15 is 0 Å². The Labute approximate surface area is 101 Å². The molecule has 0 saturated carbocycles. The number of alkyl carbamates (subject to hydrolysis) is 1. The van der Waals surface area contributed by atoms with Gasteiger partial charge in [-0.2, -0.15) is 0 Å². The van der Waals surface area contributed by atoms with Crippen LogP contribution in [0.2, 0.25) is 0 Å². The molecule has 6 heteroatoms. The zero-order valence-corrected chi connectivity index (χ0v) is 10.1. The Balaban J connectivity index is 2.24. The molecular formula is C11H21NO5. The van der Waals surface area contributed by atoms with Crippen LogP contribution in [0.5, 0.6) is 0 Å². The van der Waals surface area contributed by atoms with Crippen molar-refractivity contribution in [1.82, 2.24) is 5.32 Å². The molecule has 3 N–H and O–H groups in total. The summed E-state index contributed by atoms with van der Waals surface area (Å²) in [5, 5.41) is 21.2. The topological polar surface area (TPSA) is 88.0 Å². The Morgan fingerprint density at radius 1 is 1.59 bits per heavy atom. The number of hydrogen-bond donors (Lipinski definition) is 3. The Bertz CT molecular complexity index is 236. The minimum absolute atomic E-state index is 0.119. The maximum Gasteiger partial charge on any atom is 0.407 e. The molecule has 1 heterocycles. The highest BCUT2D eigenvalue weighted by molar-refractivity contribution is 5.67. The number of nitrogens with one attached hydrogen (secondary N) is 1. The molecule has 1 saturated heterocycles. The highest BCUT2D eigenvalue weighted by Gasteiger charge is 2.32. The van der Waals surface area contributed by atoms with Gasteiger partial charge in [-0.1, -0.05) is 13.3 Å². The second-order valence-electron chi connectivity index (χ2n) is 4.17. The van der Waals surface area contributed by atoms with Gasteiger partial charge in [0.2, 0.25) is 0 Å². The summed E-state index contributed by atoms with van der Waals surface area (Å²) in [6.07, 6.45) is -0.165. The molecule has 0 aliphatic carbocycles. The predicted octanol–water partition coefficient (Wildman–Crippen LogP) is 0.0234. The smallest absolute Gasteiger partial charge is 0.407 e. The van der Waals surface area contributed by atoms with Crippen LogP contribution in [0, 0.1) is 0 Å². The lowest BCUT2D eigenvalue weighted by atomic mass is 10.0. The van der Waals surface area contributed by atoms with E-state index in [0.29, 0.717) is 6.54 Å². The summed E-state index contributed by atoms with van der Waals surface area (Å²) in [5.74, 6) is 0. The summed E-state index contributed by atoms with van der Waals surface area (Å²) in [5.41, 5.74) is 0. The lowest BCUT2D eigenvalue weighted by Crippen LogP contribution is -2.46. The van der Waals surface area contributed by atoms with E-state index < -0.39 is 18.3 Å². The monoisotopic (exact) mass is 247 g/mol. The van der Waals surface area contributed by atoms with E-state index in [-0.39, 0.29) is 25.7 Å². The van der Waals surface area contributed by atoms with Gasteiger partial charge in [0.25, 0.3) is 0 Å². The third-order valence-electron chi connectivity index (χ3n) is 2.69. The molecule has 1 aliphatic heterocycles. The van der Waals surface area contributed by atoms with Crippen LogP contribution in [0.15, 0.2) is 0 Å². The van der Waals surface area contributed by atoms with Crippen LogP contribution < -0.4 is 5.32 Å². The molecule has 1 fully saturated rings. The van der Waals surface area contributed by atoms with Crippen molar-refractivity contribution in [2.45, 2.75) is 44.5 Å². The van der Waals surface area contributed by atoms with Crippen LogP contribution in [0.3, 0.4) is 0 Å². The minimum Gasteiger partial charge on any atom is -0.441 e. The quantitative estimate of drug-likeness (QED) is 0.596. The summed E-state index contributed by atoms with van der Waals surface area (Å²) >= 11 is 0. The summed E-state index contributed by atoms with van der Waals surface area (Å²) in [7, 11) is 0. The first-order valence-corrected chi connectivity index (χ1v) is 6.02. The standard InChI is InChI=1S/C11H21NO5/c1-2-3-4-12-11(15)17-10-7-16-8(6-13)5-9(10)14/h8-10,13-14H,2-7H2,1H3,(H,12,15). The van der Waals surface area contributed by atoms with Gasteiger partial charge < -0.3 is 25.0 Å². The van der Waals surface area contributed by atoms with E-state index in [1.165, 1.54) is 0 Å². The molecule has 1 aliphatic rings. The molecule has 100 valence electrons. The van der Waals surface area contributed by atoms with Gasteiger partial charge in [-0.15, -0.1) is 0 Å². The highest BCUT2D eigenvalue weighted by Crippen LogP contribution is 2.16. The largest absolute Gasteiger partial charge is 0.441 e. The minimum atomic E-state index is -0.780. The number of hydrogen-bond acceptors (Lipinski definition) is 5. The first kappa shape index (κ1) is 14.2. The van der Waals surface area contributed by atoms with Crippen molar-refractivity contribution >= 4 is 6.09 Å². The second-order valence-corrected chi connectivity index (χ2v) is 4.17. The summed E-state index contributed by atoms with van der Waals surface area (Å²) in [4.78, 5) is 11.3. The third kappa shape index (κ3) is 4.89. The van der Waals surface area contributed by atoms with Crippen LogP contribution in [0.25, 0.3) is 0 Å². The molecule has 3 unspecified atom stereocenters. The van der Waals surface area contributed by atoms with E-state index in [0.717, 1.165) is 12.8 Å². The number of aliphatic hydroxyl groups excluding tert-OH is 2. The van der Waals surface area contributed by atoms with Crippen LogP contribution in [-0.4, -0.2) is 54.4 Å². The SMILES string of the molecule is CCCCNC(=O)OC1COC(CO)CC1O. The van der Waals surface area contributed by atoms with E-state index in [1.807, 2.05) is 6.92 Å². The summed E-state index contributed by atoms with van der Waals surface area (Å²) in [6, 6.07) is 0. The maximum absolute atomic E-state index is 11.3. The molecule has 0 aromatic carbocycles. The number of amides is 1. The molecule has 0 spiro atoms. The summed E-state index contributed by atoms with van der Waals surface area (Å²) < 4.78 is 10.3. The molecule has 6 nitrogen and oxygen atoms in total. The number of carbonyl (C=O) groups is 1. The van der Waals surface area contributed by atoms with Crippen molar-refractivity contribution in [2.24, 2.45) is 0 Å². The Morgan fingerprint density at radius 3 is 2.94 bits per heavy atom. The van der Waals surface area contributed by atoms with Gasteiger partial charge in [0.05, 0.1) is 25.4 Å². The number of unbranched alkanes of at least 4 members (excludes halogenated alkanes) is 1. The van der Waals surface area contributed by atoms with Crippen molar-refractivity contribution in [3.05, 3.63) is 0 Å². The Morgan fingerprint density at radius 2 is 2.35 bits per heavy atom. The van der Waals surface area contributed by atoms with Crippen LogP contribution >= 0.6 is 0 Å². The van der Waals surface area contributed by atoms with Crippen molar-refractivity contribution < 1.29 is 24.5 Å². The molecule has 1 rings (SSSR count). The van der Waals surface area contributed by atoms with Crippen LogP contribution in [0.1, 0.15) is 26.2 Å². The Hall–Kier alpha value is -0.850. The van der Waals surface area contributed by atoms with Gasteiger partial charge in [0.15, 0.2) is 6.10 Å².